The number of hydrogen-bond acceptors (Lipinski definition) is 6. The topological polar surface area (TPSA) is 99.5 Å². The predicted octanol–water partition coefficient (Wildman–Crippen LogP) is 2.51. The molecule has 1 unspecified atom stereocenters. The van der Waals surface area contributed by atoms with E-state index in [0.717, 1.165) is 30.1 Å². The molecule has 0 amide bonds. The molecule has 0 fully saturated rings. The average Bonchev–Trinajstić information content (AvgIpc) is 3.25. The second-order valence-corrected chi connectivity index (χ2v) is 7.13. The van der Waals surface area contributed by atoms with Gasteiger partial charge >= 0.3 is 0 Å². The van der Waals surface area contributed by atoms with E-state index >= 15 is 0 Å². The van der Waals surface area contributed by atoms with E-state index < -0.39 is 11.6 Å². The minimum absolute atomic E-state index is 0.0836. The predicted molar refractivity (Wildman–Crippen MR) is 104 cm³/mol. The summed E-state index contributed by atoms with van der Waals surface area (Å²) in [5.74, 6) is 0.460. The standard InChI is InChI=1S/C19H18F2N8/c1-28-18-13(7-23-28)17(26-19(22)27-18)24-11-3-5-16-25-15(9-29(16)8-11)12-4-2-10(20)6-14(12)21/h2,4,6-7,9,11H,3,5,8H2,1H3,(H3,22,24,26,27). The van der Waals surface area contributed by atoms with Crippen molar-refractivity contribution in [3.63, 3.8) is 0 Å². The summed E-state index contributed by atoms with van der Waals surface area (Å²) in [6.45, 7) is 0.636. The molecular weight excluding hydrogens is 378 g/mol. The summed E-state index contributed by atoms with van der Waals surface area (Å²) in [7, 11) is 1.80. The second kappa shape index (κ2) is 6.50. The number of aromatic nitrogens is 6. The molecule has 1 aliphatic rings. The normalized spacial score (nSPS) is 16.2. The smallest absolute Gasteiger partial charge is 0.224 e. The molecule has 5 rings (SSSR count). The van der Waals surface area contributed by atoms with Gasteiger partial charge in [-0.15, -0.1) is 0 Å². The Hall–Kier alpha value is -3.56. The average molecular weight is 396 g/mol. The molecule has 148 valence electrons. The number of nitrogen functional groups attached to an aromatic ring is 1. The Balaban J connectivity index is 1.41. The van der Waals surface area contributed by atoms with Crippen LogP contribution in [0.5, 0.6) is 0 Å². The first-order valence-electron chi connectivity index (χ1n) is 9.21. The zero-order chi connectivity index (χ0) is 20.1. The molecule has 0 radical (unpaired) electrons. The molecule has 3 aromatic heterocycles. The number of aryl methyl sites for hydroxylation is 2. The molecule has 8 nitrogen and oxygen atoms in total. The van der Waals surface area contributed by atoms with Crippen LogP contribution in [0.2, 0.25) is 0 Å². The highest BCUT2D eigenvalue weighted by Crippen LogP contribution is 2.27. The lowest BCUT2D eigenvalue weighted by atomic mass is 10.1. The molecule has 3 N–H and O–H groups in total. The summed E-state index contributed by atoms with van der Waals surface area (Å²) in [4.78, 5) is 13.1. The highest BCUT2D eigenvalue weighted by atomic mass is 19.1. The van der Waals surface area contributed by atoms with E-state index in [2.05, 4.69) is 25.4 Å². The summed E-state index contributed by atoms with van der Waals surface area (Å²) in [5.41, 5.74) is 7.30. The van der Waals surface area contributed by atoms with Crippen molar-refractivity contribution in [3.8, 4) is 11.3 Å². The maximum Gasteiger partial charge on any atom is 0.224 e. The van der Waals surface area contributed by atoms with E-state index in [1.807, 2.05) is 4.57 Å². The Morgan fingerprint density at radius 3 is 2.90 bits per heavy atom. The molecule has 0 spiro atoms. The van der Waals surface area contributed by atoms with Crippen molar-refractivity contribution in [1.29, 1.82) is 0 Å². The number of benzene rings is 1. The van der Waals surface area contributed by atoms with Crippen LogP contribution in [0.1, 0.15) is 12.2 Å². The molecule has 10 heteroatoms. The molecule has 29 heavy (non-hydrogen) atoms. The van der Waals surface area contributed by atoms with E-state index in [1.54, 1.807) is 24.1 Å². The maximum absolute atomic E-state index is 14.1. The van der Waals surface area contributed by atoms with Crippen LogP contribution in [-0.4, -0.2) is 35.3 Å². The zero-order valence-electron chi connectivity index (χ0n) is 15.6. The fraction of sp³-hybridized carbons (Fsp3) is 0.263. The molecule has 4 aromatic rings. The van der Waals surface area contributed by atoms with Crippen molar-refractivity contribution in [3.05, 3.63) is 48.1 Å². The third-order valence-corrected chi connectivity index (χ3v) is 5.15. The van der Waals surface area contributed by atoms with Gasteiger partial charge in [-0.05, 0) is 18.6 Å². The van der Waals surface area contributed by atoms with Crippen LogP contribution in [0.15, 0.2) is 30.6 Å². The Morgan fingerprint density at radius 1 is 1.21 bits per heavy atom. The fourth-order valence-electron chi connectivity index (χ4n) is 3.73. The Morgan fingerprint density at radius 2 is 2.07 bits per heavy atom. The SMILES string of the molecule is Cn1ncc2c(NC3CCc4nc(-c5ccc(F)cc5F)cn4C3)nc(N)nc21. The van der Waals surface area contributed by atoms with Gasteiger partial charge < -0.3 is 15.6 Å². The number of nitrogens with two attached hydrogens (primary N) is 1. The highest BCUT2D eigenvalue weighted by molar-refractivity contribution is 5.87. The Bertz CT molecular complexity index is 1230. The van der Waals surface area contributed by atoms with Gasteiger partial charge in [0.25, 0.3) is 0 Å². The summed E-state index contributed by atoms with van der Waals surface area (Å²) < 4.78 is 30.9. The zero-order valence-corrected chi connectivity index (χ0v) is 15.6. The lowest BCUT2D eigenvalue weighted by molar-refractivity contribution is 0.476. The number of anilines is 2. The maximum atomic E-state index is 14.1. The van der Waals surface area contributed by atoms with Crippen molar-refractivity contribution in [2.24, 2.45) is 7.05 Å². The van der Waals surface area contributed by atoms with Crippen LogP contribution in [0.4, 0.5) is 20.5 Å². The molecule has 0 saturated carbocycles. The van der Waals surface area contributed by atoms with E-state index in [0.29, 0.717) is 29.3 Å². The largest absolute Gasteiger partial charge is 0.368 e. The van der Waals surface area contributed by atoms with Crippen LogP contribution in [-0.2, 0) is 20.0 Å². The first-order valence-corrected chi connectivity index (χ1v) is 9.21. The van der Waals surface area contributed by atoms with E-state index in [-0.39, 0.29) is 12.0 Å². The van der Waals surface area contributed by atoms with Gasteiger partial charge in [-0.1, -0.05) is 0 Å². The number of hydrogen-bond donors (Lipinski definition) is 2. The molecule has 4 heterocycles. The van der Waals surface area contributed by atoms with E-state index in [4.69, 9.17) is 5.73 Å². The molecule has 0 saturated heterocycles. The molecule has 1 atom stereocenters. The Labute approximate surface area is 164 Å². The van der Waals surface area contributed by atoms with Crippen molar-refractivity contribution >= 4 is 22.8 Å². The van der Waals surface area contributed by atoms with Gasteiger partial charge in [0.1, 0.15) is 23.3 Å². The quantitative estimate of drug-likeness (QED) is 0.552. The Kier molecular flexibility index (Phi) is 3.93. The van der Waals surface area contributed by atoms with Crippen LogP contribution >= 0.6 is 0 Å². The van der Waals surface area contributed by atoms with Crippen molar-refractivity contribution < 1.29 is 8.78 Å². The monoisotopic (exact) mass is 396 g/mol. The third kappa shape index (κ3) is 3.06. The van der Waals surface area contributed by atoms with E-state index in [9.17, 15) is 8.78 Å². The summed E-state index contributed by atoms with van der Waals surface area (Å²) in [5, 5.41) is 8.45. The number of rotatable bonds is 3. The van der Waals surface area contributed by atoms with Gasteiger partial charge in [0, 0.05) is 43.9 Å². The molecule has 0 aliphatic carbocycles. The van der Waals surface area contributed by atoms with Gasteiger partial charge in [0.15, 0.2) is 5.65 Å². The molecular formula is C19H18F2N8. The van der Waals surface area contributed by atoms with Crippen molar-refractivity contribution in [2.45, 2.75) is 25.4 Å². The van der Waals surface area contributed by atoms with Gasteiger partial charge in [0.05, 0.1) is 17.3 Å². The third-order valence-electron chi connectivity index (χ3n) is 5.15. The van der Waals surface area contributed by atoms with Gasteiger partial charge in [0.2, 0.25) is 5.95 Å². The molecule has 0 bridgehead atoms. The summed E-state index contributed by atoms with van der Waals surface area (Å²) in [6.07, 6.45) is 5.05. The number of fused-ring (bicyclic) bond motifs is 2. The van der Waals surface area contributed by atoms with Crippen molar-refractivity contribution in [1.82, 2.24) is 29.3 Å². The number of imidazole rings is 1. The minimum atomic E-state index is -0.620. The van der Waals surface area contributed by atoms with E-state index in [1.165, 1.54) is 12.1 Å². The highest BCUT2D eigenvalue weighted by Gasteiger charge is 2.23. The summed E-state index contributed by atoms with van der Waals surface area (Å²) in [6, 6.07) is 3.61. The number of nitrogens with zero attached hydrogens (tertiary/aromatic N) is 6. The molecule has 1 aromatic carbocycles. The fourth-order valence-corrected chi connectivity index (χ4v) is 3.73. The number of halogens is 2. The van der Waals surface area contributed by atoms with Crippen LogP contribution in [0.3, 0.4) is 0 Å². The van der Waals surface area contributed by atoms with Crippen LogP contribution in [0, 0.1) is 11.6 Å². The lowest BCUT2D eigenvalue weighted by Crippen LogP contribution is -2.31. The van der Waals surface area contributed by atoms with Crippen molar-refractivity contribution in [2.75, 3.05) is 11.1 Å². The first kappa shape index (κ1) is 17.5. The lowest BCUT2D eigenvalue weighted by Gasteiger charge is -2.25. The van der Waals surface area contributed by atoms with Gasteiger partial charge in [-0.3, -0.25) is 4.68 Å². The first-order chi connectivity index (χ1) is 14.0. The van der Waals surface area contributed by atoms with Crippen LogP contribution in [0.25, 0.3) is 22.3 Å². The van der Waals surface area contributed by atoms with Gasteiger partial charge in [-0.2, -0.15) is 15.1 Å². The second-order valence-electron chi connectivity index (χ2n) is 7.13. The molecule has 1 aliphatic heterocycles. The summed E-state index contributed by atoms with van der Waals surface area (Å²) >= 11 is 0. The minimum Gasteiger partial charge on any atom is -0.368 e. The van der Waals surface area contributed by atoms with Gasteiger partial charge in [-0.25, -0.2) is 13.8 Å². The van der Waals surface area contributed by atoms with Crippen LogP contribution < -0.4 is 11.1 Å². The number of nitrogens with one attached hydrogen (secondary N) is 1.